The van der Waals surface area contributed by atoms with Crippen LogP contribution in [0, 0.1) is 17.2 Å². The lowest BCUT2D eigenvalue weighted by molar-refractivity contribution is -0.113. The predicted octanol–water partition coefficient (Wildman–Crippen LogP) is 5.12. The topological polar surface area (TPSA) is 65.8 Å². The third-order valence-corrected chi connectivity index (χ3v) is 5.63. The van der Waals surface area contributed by atoms with E-state index in [2.05, 4.69) is 23.3 Å². The van der Waals surface area contributed by atoms with Crippen LogP contribution >= 0.6 is 35.0 Å². The van der Waals surface area contributed by atoms with Gasteiger partial charge < -0.3 is 5.32 Å². The summed E-state index contributed by atoms with van der Waals surface area (Å²) in [5, 5.41) is 13.7. The number of rotatable bonds is 4. The smallest absolute Gasteiger partial charge is 0.234 e. The Morgan fingerprint density at radius 2 is 2.08 bits per heavy atom. The molecule has 0 fully saturated rings. The lowest BCUT2D eigenvalue weighted by atomic mass is 9.87. The second-order valence-electron chi connectivity index (χ2n) is 6.40. The number of benzene rings is 1. The van der Waals surface area contributed by atoms with Crippen LogP contribution in [-0.2, 0) is 17.6 Å². The number of carbonyl (C=O) groups is 1. The van der Waals surface area contributed by atoms with Gasteiger partial charge in [-0.05, 0) is 55.0 Å². The van der Waals surface area contributed by atoms with Crippen molar-refractivity contribution in [2.75, 3.05) is 11.1 Å². The Hall–Kier alpha value is -1.74. The monoisotopic (exact) mass is 405 g/mol. The minimum Gasteiger partial charge on any atom is -0.325 e. The molecule has 1 N–H and O–H groups in total. The van der Waals surface area contributed by atoms with E-state index in [1.165, 1.54) is 11.8 Å². The van der Waals surface area contributed by atoms with Gasteiger partial charge in [0.15, 0.2) is 0 Å². The number of hydrogen-bond acceptors (Lipinski definition) is 4. The average Bonchev–Trinajstić information content (AvgIpc) is 2.58. The fourth-order valence-electron chi connectivity index (χ4n) is 2.97. The van der Waals surface area contributed by atoms with E-state index in [0.717, 1.165) is 30.5 Å². The lowest BCUT2D eigenvalue weighted by Crippen LogP contribution is -2.16. The highest BCUT2D eigenvalue weighted by molar-refractivity contribution is 8.00. The molecule has 4 nitrogen and oxygen atoms in total. The summed E-state index contributed by atoms with van der Waals surface area (Å²) in [5.74, 6) is 0.566. The van der Waals surface area contributed by atoms with Gasteiger partial charge in [0, 0.05) is 21.4 Å². The van der Waals surface area contributed by atoms with Crippen molar-refractivity contribution in [2.45, 2.75) is 31.2 Å². The highest BCUT2D eigenvalue weighted by atomic mass is 35.5. The van der Waals surface area contributed by atoms with Crippen LogP contribution in [0.1, 0.15) is 30.2 Å². The Morgan fingerprint density at radius 3 is 2.77 bits per heavy atom. The van der Waals surface area contributed by atoms with Crippen molar-refractivity contribution in [2.24, 2.45) is 5.92 Å². The van der Waals surface area contributed by atoms with Gasteiger partial charge in [0.2, 0.25) is 5.91 Å². The molecule has 2 aromatic rings. The van der Waals surface area contributed by atoms with Gasteiger partial charge in [0.1, 0.15) is 11.1 Å². The number of fused-ring (bicyclic) bond motifs is 1. The SMILES string of the molecule is CC1CCc2nc(SCC(=O)Nc3cc(Cl)cc(Cl)c3)c(C#N)cc2C1. The van der Waals surface area contributed by atoms with E-state index in [-0.39, 0.29) is 11.7 Å². The summed E-state index contributed by atoms with van der Waals surface area (Å²) in [5.41, 5.74) is 3.27. The van der Waals surface area contributed by atoms with E-state index in [9.17, 15) is 10.1 Å². The first-order valence-electron chi connectivity index (χ1n) is 8.26. The zero-order valence-electron chi connectivity index (χ0n) is 14.2. The molecule has 0 spiro atoms. The van der Waals surface area contributed by atoms with Gasteiger partial charge in [-0.1, -0.05) is 41.9 Å². The number of nitriles is 1. The maximum Gasteiger partial charge on any atom is 0.234 e. The number of thioether (sulfide) groups is 1. The highest BCUT2D eigenvalue weighted by Crippen LogP contribution is 2.29. The van der Waals surface area contributed by atoms with Gasteiger partial charge in [-0.2, -0.15) is 5.26 Å². The second-order valence-corrected chi connectivity index (χ2v) is 8.24. The number of carbonyl (C=O) groups excluding carboxylic acids is 1. The molecule has 0 bridgehead atoms. The largest absolute Gasteiger partial charge is 0.325 e. The van der Waals surface area contributed by atoms with Gasteiger partial charge in [0.25, 0.3) is 0 Å². The number of anilines is 1. The number of amides is 1. The Bertz CT molecular complexity index is 875. The minimum atomic E-state index is -0.203. The van der Waals surface area contributed by atoms with E-state index in [1.807, 2.05) is 6.07 Å². The van der Waals surface area contributed by atoms with Gasteiger partial charge in [-0.3, -0.25) is 4.79 Å². The van der Waals surface area contributed by atoms with E-state index in [1.54, 1.807) is 18.2 Å². The van der Waals surface area contributed by atoms with Crippen LogP contribution in [0.25, 0.3) is 0 Å². The van der Waals surface area contributed by atoms with Crippen molar-refractivity contribution in [1.82, 2.24) is 4.98 Å². The zero-order chi connectivity index (χ0) is 18.7. The summed E-state index contributed by atoms with van der Waals surface area (Å²) in [6.45, 7) is 2.21. The third kappa shape index (κ3) is 4.70. The van der Waals surface area contributed by atoms with Gasteiger partial charge >= 0.3 is 0 Å². The van der Waals surface area contributed by atoms with Gasteiger partial charge in [-0.25, -0.2) is 4.98 Å². The molecule has 1 amide bonds. The summed E-state index contributed by atoms with van der Waals surface area (Å²) in [6.07, 6.45) is 2.98. The van der Waals surface area contributed by atoms with E-state index in [0.29, 0.717) is 32.2 Å². The molecule has 1 aliphatic rings. The Morgan fingerprint density at radius 1 is 1.35 bits per heavy atom. The maximum absolute atomic E-state index is 12.2. The van der Waals surface area contributed by atoms with Crippen molar-refractivity contribution in [3.8, 4) is 6.07 Å². The summed E-state index contributed by atoms with van der Waals surface area (Å²) >= 11 is 13.1. The molecule has 1 aliphatic carbocycles. The molecular weight excluding hydrogens is 389 g/mol. The lowest BCUT2D eigenvalue weighted by Gasteiger charge is -2.21. The van der Waals surface area contributed by atoms with Crippen LogP contribution in [0.5, 0.6) is 0 Å². The molecule has 1 atom stereocenters. The Labute approximate surface area is 166 Å². The summed E-state index contributed by atoms with van der Waals surface area (Å²) < 4.78 is 0. The molecule has 3 rings (SSSR count). The van der Waals surface area contributed by atoms with Crippen LogP contribution in [0.2, 0.25) is 10.0 Å². The molecule has 1 unspecified atom stereocenters. The molecule has 134 valence electrons. The van der Waals surface area contributed by atoms with Crippen molar-refractivity contribution >= 4 is 46.6 Å². The van der Waals surface area contributed by atoms with E-state index < -0.39 is 0 Å². The molecule has 0 saturated carbocycles. The fourth-order valence-corrected chi connectivity index (χ4v) is 4.28. The van der Waals surface area contributed by atoms with Crippen molar-refractivity contribution < 1.29 is 4.79 Å². The number of aryl methyl sites for hydroxylation is 1. The number of hydrogen-bond donors (Lipinski definition) is 1. The minimum absolute atomic E-state index is 0.154. The molecule has 26 heavy (non-hydrogen) atoms. The first-order valence-corrected chi connectivity index (χ1v) is 10.0. The number of pyridine rings is 1. The number of nitrogens with zero attached hydrogens (tertiary/aromatic N) is 2. The first kappa shape index (κ1) is 19.0. The molecule has 0 radical (unpaired) electrons. The van der Waals surface area contributed by atoms with E-state index in [4.69, 9.17) is 23.2 Å². The Balaban J connectivity index is 1.69. The zero-order valence-corrected chi connectivity index (χ0v) is 16.5. The quantitative estimate of drug-likeness (QED) is 0.716. The van der Waals surface area contributed by atoms with Crippen LogP contribution in [0.4, 0.5) is 5.69 Å². The number of aromatic nitrogens is 1. The van der Waals surface area contributed by atoms with Gasteiger partial charge in [0.05, 0.1) is 11.3 Å². The average molecular weight is 406 g/mol. The standard InChI is InChI=1S/C19H17Cl2N3OS/c1-11-2-3-17-12(4-11)5-13(9-22)19(24-17)26-10-18(25)23-16-7-14(20)6-15(21)8-16/h5-8,11H,2-4,10H2,1H3,(H,23,25). The van der Waals surface area contributed by atoms with Crippen molar-refractivity contribution in [1.29, 1.82) is 5.26 Å². The number of halogens is 2. The second kappa shape index (κ2) is 8.30. The molecule has 0 saturated heterocycles. The molecule has 7 heteroatoms. The summed E-state index contributed by atoms with van der Waals surface area (Å²) in [4.78, 5) is 16.9. The maximum atomic E-state index is 12.2. The normalized spacial score (nSPS) is 15.8. The molecule has 0 aliphatic heterocycles. The third-order valence-electron chi connectivity index (χ3n) is 4.21. The van der Waals surface area contributed by atoms with Crippen LogP contribution in [-0.4, -0.2) is 16.6 Å². The molecule has 1 aromatic heterocycles. The molecule has 1 heterocycles. The van der Waals surface area contributed by atoms with Crippen LogP contribution < -0.4 is 5.32 Å². The van der Waals surface area contributed by atoms with Crippen LogP contribution in [0.15, 0.2) is 29.3 Å². The predicted molar refractivity (Wildman–Crippen MR) is 106 cm³/mol. The Kier molecular flexibility index (Phi) is 6.08. The first-order chi connectivity index (χ1) is 12.4. The molecule has 1 aromatic carbocycles. The van der Waals surface area contributed by atoms with E-state index >= 15 is 0 Å². The summed E-state index contributed by atoms with van der Waals surface area (Å²) in [7, 11) is 0. The molecular formula is C19H17Cl2N3OS. The number of nitrogens with one attached hydrogen (secondary N) is 1. The highest BCUT2D eigenvalue weighted by Gasteiger charge is 2.19. The van der Waals surface area contributed by atoms with Crippen molar-refractivity contribution in [3.05, 3.63) is 51.1 Å². The van der Waals surface area contributed by atoms with Crippen LogP contribution in [0.3, 0.4) is 0 Å². The fraction of sp³-hybridized carbons (Fsp3) is 0.316. The van der Waals surface area contributed by atoms with Gasteiger partial charge in [-0.15, -0.1) is 0 Å². The summed E-state index contributed by atoms with van der Waals surface area (Å²) in [6, 6.07) is 8.99. The van der Waals surface area contributed by atoms with Crippen molar-refractivity contribution in [3.63, 3.8) is 0 Å².